The van der Waals surface area contributed by atoms with Crippen molar-refractivity contribution >= 4 is 23.2 Å². The van der Waals surface area contributed by atoms with Gasteiger partial charge in [-0.15, -0.1) is 0 Å². The molecular weight excluding hydrogens is 348 g/mol. The number of hydrogen-bond acceptors (Lipinski definition) is 6. The van der Waals surface area contributed by atoms with Gasteiger partial charge in [0, 0.05) is 18.1 Å². The Morgan fingerprint density at radius 3 is 2.84 bits per heavy atom. The first-order chi connectivity index (χ1) is 12.1. The fourth-order valence-electron chi connectivity index (χ4n) is 2.46. The molecule has 1 atom stereocenters. The van der Waals surface area contributed by atoms with E-state index in [4.69, 9.17) is 30.3 Å². The van der Waals surface area contributed by atoms with E-state index in [0.29, 0.717) is 46.5 Å². The molecule has 1 N–H and O–H groups in total. The molecule has 8 heteroatoms. The van der Waals surface area contributed by atoms with E-state index in [9.17, 15) is 4.79 Å². The predicted octanol–water partition coefficient (Wildman–Crippen LogP) is 2.76. The Bertz CT molecular complexity index is 789. The number of nitrogens with one attached hydrogen (secondary N) is 1. The normalized spacial score (nSPS) is 16.1. The number of carbonyl (C=O) groups is 1. The van der Waals surface area contributed by atoms with Gasteiger partial charge in [0.15, 0.2) is 0 Å². The molecule has 0 radical (unpaired) electrons. The molecule has 0 saturated heterocycles. The van der Waals surface area contributed by atoms with Gasteiger partial charge in [-0.05, 0) is 18.2 Å². The lowest BCUT2D eigenvalue weighted by atomic mass is 10.0. The lowest BCUT2D eigenvalue weighted by molar-refractivity contribution is -0.131. The Balaban J connectivity index is 1.68. The number of amides is 1. The first kappa shape index (κ1) is 17.2. The third-order valence-electron chi connectivity index (χ3n) is 3.76. The zero-order chi connectivity index (χ0) is 17.8. The second kappa shape index (κ2) is 7.48. The molecule has 132 valence electrons. The van der Waals surface area contributed by atoms with Gasteiger partial charge in [-0.25, -0.2) is 0 Å². The molecule has 1 amide bonds. The van der Waals surface area contributed by atoms with Crippen LogP contribution in [0.15, 0.2) is 40.1 Å². The molecule has 1 aliphatic heterocycles. The van der Waals surface area contributed by atoms with Crippen LogP contribution in [0.2, 0.25) is 5.02 Å². The van der Waals surface area contributed by atoms with Crippen molar-refractivity contribution in [1.82, 2.24) is 5.32 Å². The Hall–Kier alpha value is -2.67. The van der Waals surface area contributed by atoms with Crippen molar-refractivity contribution < 1.29 is 23.5 Å². The van der Waals surface area contributed by atoms with E-state index in [-0.39, 0.29) is 5.91 Å². The molecule has 1 aromatic heterocycles. The molecule has 2 heterocycles. The number of furan rings is 1. The number of nitrogens with zero attached hydrogens (tertiary/aromatic N) is 1. The smallest absolute Gasteiger partial charge is 0.264 e. The summed E-state index contributed by atoms with van der Waals surface area (Å²) in [6.45, 7) is 0.290. The number of ether oxygens (including phenoxy) is 2. The van der Waals surface area contributed by atoms with Crippen LogP contribution in [0.5, 0.6) is 11.5 Å². The minimum Gasteiger partial charge on any atom is -0.496 e. The highest BCUT2D eigenvalue weighted by atomic mass is 35.5. The summed E-state index contributed by atoms with van der Waals surface area (Å²) in [6, 6.07) is 6.89. The molecular formula is C17H17ClN2O5. The van der Waals surface area contributed by atoms with Crippen molar-refractivity contribution in [1.29, 1.82) is 0 Å². The van der Waals surface area contributed by atoms with Gasteiger partial charge < -0.3 is 24.0 Å². The molecule has 2 aromatic rings. The number of methoxy groups -OCH3 is 2. The maximum Gasteiger partial charge on any atom is 0.264 e. The lowest BCUT2D eigenvalue weighted by Crippen LogP contribution is -2.34. The summed E-state index contributed by atoms with van der Waals surface area (Å²) >= 11 is 6.18. The third-order valence-corrected chi connectivity index (χ3v) is 4.06. The highest BCUT2D eigenvalue weighted by Crippen LogP contribution is 2.34. The van der Waals surface area contributed by atoms with E-state index in [1.54, 1.807) is 30.5 Å². The summed E-state index contributed by atoms with van der Waals surface area (Å²) in [7, 11) is 3.06. The maximum atomic E-state index is 12.2. The summed E-state index contributed by atoms with van der Waals surface area (Å²) in [5.74, 6) is 1.43. The first-order valence-corrected chi connectivity index (χ1v) is 7.95. The molecule has 0 spiro atoms. The summed E-state index contributed by atoms with van der Waals surface area (Å²) < 4.78 is 15.7. The molecule has 7 nitrogen and oxygen atoms in total. The minimum absolute atomic E-state index is 0.270. The average Bonchev–Trinajstić information content (AvgIpc) is 3.31. The van der Waals surface area contributed by atoms with Crippen molar-refractivity contribution in [2.45, 2.75) is 19.1 Å². The highest BCUT2D eigenvalue weighted by Gasteiger charge is 2.30. The molecule has 1 unspecified atom stereocenters. The van der Waals surface area contributed by atoms with Gasteiger partial charge in [0.25, 0.3) is 5.91 Å². The van der Waals surface area contributed by atoms with Crippen molar-refractivity contribution in [2.75, 3.05) is 14.2 Å². The highest BCUT2D eigenvalue weighted by molar-refractivity contribution is 6.32. The van der Waals surface area contributed by atoms with Crippen LogP contribution in [0, 0.1) is 0 Å². The molecule has 1 aromatic carbocycles. The quantitative estimate of drug-likeness (QED) is 0.852. The molecule has 3 rings (SSSR count). The topological polar surface area (TPSA) is 82.3 Å². The average molecular weight is 365 g/mol. The van der Waals surface area contributed by atoms with Crippen LogP contribution in [0.25, 0.3) is 0 Å². The molecule has 1 aliphatic rings. The summed E-state index contributed by atoms with van der Waals surface area (Å²) in [5.41, 5.74) is 1.24. The van der Waals surface area contributed by atoms with Gasteiger partial charge in [0.1, 0.15) is 17.3 Å². The van der Waals surface area contributed by atoms with Crippen molar-refractivity contribution in [2.24, 2.45) is 5.16 Å². The number of oxime groups is 1. The lowest BCUT2D eigenvalue weighted by Gasteiger charge is -2.11. The van der Waals surface area contributed by atoms with E-state index >= 15 is 0 Å². The summed E-state index contributed by atoms with van der Waals surface area (Å²) in [6.07, 6.45) is 1.15. The van der Waals surface area contributed by atoms with Crippen LogP contribution in [-0.4, -0.2) is 31.9 Å². The largest absolute Gasteiger partial charge is 0.496 e. The van der Waals surface area contributed by atoms with Crippen LogP contribution in [-0.2, 0) is 16.2 Å². The van der Waals surface area contributed by atoms with E-state index in [0.717, 1.165) is 0 Å². The third kappa shape index (κ3) is 3.71. The van der Waals surface area contributed by atoms with E-state index < -0.39 is 6.10 Å². The van der Waals surface area contributed by atoms with Crippen LogP contribution in [0.4, 0.5) is 0 Å². The number of carbonyl (C=O) groups excluding carboxylic acids is 1. The van der Waals surface area contributed by atoms with Crippen LogP contribution < -0.4 is 14.8 Å². The Morgan fingerprint density at radius 2 is 2.16 bits per heavy atom. The second-order valence-electron chi connectivity index (χ2n) is 5.32. The van der Waals surface area contributed by atoms with Crippen molar-refractivity contribution in [3.63, 3.8) is 0 Å². The summed E-state index contributed by atoms with van der Waals surface area (Å²) in [5, 5.41) is 7.18. The standard InChI is InChI=1S/C17H17ClN2O5/c1-22-14-8-15(23-2)12(18)6-11(14)13-7-16(25-20-13)17(21)19-9-10-4-3-5-24-10/h3-6,8,16H,7,9H2,1-2H3,(H,19,21). The van der Waals surface area contributed by atoms with E-state index in [1.165, 1.54) is 14.2 Å². The second-order valence-corrected chi connectivity index (χ2v) is 5.73. The van der Waals surface area contributed by atoms with Crippen LogP contribution >= 0.6 is 11.6 Å². The number of hydrogen-bond donors (Lipinski definition) is 1. The zero-order valence-electron chi connectivity index (χ0n) is 13.7. The van der Waals surface area contributed by atoms with Crippen molar-refractivity contribution in [3.8, 4) is 11.5 Å². The number of halogens is 1. The Kier molecular flexibility index (Phi) is 5.14. The monoisotopic (exact) mass is 364 g/mol. The Morgan fingerprint density at radius 1 is 1.36 bits per heavy atom. The maximum absolute atomic E-state index is 12.2. The molecule has 25 heavy (non-hydrogen) atoms. The summed E-state index contributed by atoms with van der Waals surface area (Å²) in [4.78, 5) is 17.5. The van der Waals surface area contributed by atoms with Gasteiger partial charge >= 0.3 is 0 Å². The molecule has 0 aliphatic carbocycles. The van der Waals surface area contributed by atoms with E-state index in [2.05, 4.69) is 10.5 Å². The number of benzene rings is 1. The number of rotatable bonds is 6. The fourth-order valence-corrected chi connectivity index (χ4v) is 2.70. The fraction of sp³-hybridized carbons (Fsp3) is 0.294. The van der Waals surface area contributed by atoms with Crippen LogP contribution in [0.3, 0.4) is 0 Å². The molecule has 0 saturated carbocycles. The molecule has 0 fully saturated rings. The SMILES string of the molecule is COc1cc(OC)c(C2=NOC(C(=O)NCc3ccco3)C2)cc1Cl. The van der Waals surface area contributed by atoms with Gasteiger partial charge in [-0.3, -0.25) is 4.79 Å². The first-order valence-electron chi connectivity index (χ1n) is 7.57. The van der Waals surface area contributed by atoms with Gasteiger partial charge in [-0.1, -0.05) is 16.8 Å². The van der Waals surface area contributed by atoms with Gasteiger partial charge in [-0.2, -0.15) is 0 Å². The van der Waals surface area contributed by atoms with E-state index in [1.807, 2.05) is 0 Å². The molecule has 0 bridgehead atoms. The predicted molar refractivity (Wildman–Crippen MR) is 91.1 cm³/mol. The minimum atomic E-state index is -0.712. The van der Waals surface area contributed by atoms with Gasteiger partial charge in [0.05, 0.1) is 37.8 Å². The van der Waals surface area contributed by atoms with Gasteiger partial charge in [0.2, 0.25) is 6.10 Å². The van der Waals surface area contributed by atoms with Crippen LogP contribution in [0.1, 0.15) is 17.7 Å². The Labute approximate surface area is 149 Å². The van der Waals surface area contributed by atoms with Crippen molar-refractivity contribution in [3.05, 3.63) is 46.9 Å². The zero-order valence-corrected chi connectivity index (χ0v) is 14.5.